The predicted molar refractivity (Wildman–Crippen MR) is 129 cm³/mol. The first-order valence-corrected chi connectivity index (χ1v) is 12.0. The number of guanidine groups is 2. The van der Waals surface area contributed by atoms with Crippen molar-refractivity contribution in [1.29, 1.82) is 5.41 Å². The van der Waals surface area contributed by atoms with Crippen LogP contribution in [0.1, 0.15) is 11.9 Å². The number of anilines is 1. The van der Waals surface area contributed by atoms with Crippen molar-refractivity contribution >= 4 is 61.6 Å². The smallest absolute Gasteiger partial charge is 0.273 e. The summed E-state index contributed by atoms with van der Waals surface area (Å²) >= 11 is 6.85. The fourth-order valence-electron chi connectivity index (χ4n) is 2.56. The van der Waals surface area contributed by atoms with Crippen molar-refractivity contribution in [1.82, 2.24) is 14.5 Å². The number of sulfonamides is 1. The van der Waals surface area contributed by atoms with Gasteiger partial charge in [-0.3, -0.25) is 10.2 Å². The van der Waals surface area contributed by atoms with Crippen molar-refractivity contribution in [3.05, 3.63) is 58.6 Å². The molecule has 12 nitrogen and oxygen atoms in total. The average molecular weight is 523 g/mol. The molecule has 3 rings (SSSR count). The minimum absolute atomic E-state index is 0.0367. The van der Waals surface area contributed by atoms with Crippen LogP contribution in [0.15, 0.2) is 58.4 Å². The van der Waals surface area contributed by atoms with Crippen LogP contribution in [0.3, 0.4) is 0 Å². The maximum atomic E-state index is 13.0. The number of amides is 1. The van der Waals surface area contributed by atoms with Crippen LogP contribution in [0.2, 0.25) is 5.02 Å². The summed E-state index contributed by atoms with van der Waals surface area (Å²) in [6.45, 7) is 1.41. The maximum absolute atomic E-state index is 13.0. The lowest BCUT2D eigenvalue weighted by molar-refractivity contribution is -0.114. The van der Waals surface area contributed by atoms with Gasteiger partial charge in [-0.05, 0) is 48.5 Å². The molecule has 3 aromatic rings. The molecule has 0 aliphatic heterocycles. The van der Waals surface area contributed by atoms with E-state index >= 15 is 0 Å². The second kappa shape index (κ2) is 10.5. The summed E-state index contributed by atoms with van der Waals surface area (Å²) in [5.41, 5.74) is 11.8. The number of hydrogen-bond acceptors (Lipinski definition) is 9. The van der Waals surface area contributed by atoms with Crippen molar-refractivity contribution < 1.29 is 17.9 Å². The Balaban J connectivity index is 1.78. The molecule has 0 radical (unpaired) electrons. The van der Waals surface area contributed by atoms with Crippen LogP contribution >= 0.6 is 22.9 Å². The van der Waals surface area contributed by atoms with Crippen molar-refractivity contribution in [3.8, 4) is 5.75 Å². The number of ether oxygens (including phenoxy) is 1. The number of carbonyl (C=O) groups excluding carboxylic acids is 1. The van der Waals surface area contributed by atoms with Crippen molar-refractivity contribution in [2.75, 3.05) is 5.32 Å². The summed E-state index contributed by atoms with van der Waals surface area (Å²) < 4.78 is 32.0. The molecule has 0 saturated heterocycles. The highest BCUT2D eigenvalue weighted by Gasteiger charge is 2.29. The minimum atomic E-state index is -4.37. The van der Waals surface area contributed by atoms with Gasteiger partial charge in [0.25, 0.3) is 10.0 Å². The Kier molecular flexibility index (Phi) is 7.65. The summed E-state index contributed by atoms with van der Waals surface area (Å²) in [6.07, 6.45) is 0. The van der Waals surface area contributed by atoms with Crippen LogP contribution in [0.25, 0.3) is 0 Å². The zero-order chi connectivity index (χ0) is 24.9. The Labute approximate surface area is 203 Å². The highest BCUT2D eigenvalue weighted by atomic mass is 35.5. The molecule has 0 atom stereocenters. The number of aromatic nitrogens is 2. The predicted octanol–water partition coefficient (Wildman–Crippen LogP) is 2.26. The van der Waals surface area contributed by atoms with Crippen LogP contribution in [0.4, 0.5) is 10.8 Å². The number of halogens is 1. The Morgan fingerprint density at radius 2 is 1.82 bits per heavy atom. The van der Waals surface area contributed by atoms with E-state index in [-0.39, 0.29) is 22.5 Å². The maximum Gasteiger partial charge on any atom is 0.273 e. The van der Waals surface area contributed by atoms with E-state index in [0.717, 1.165) is 11.3 Å². The minimum Gasteiger partial charge on any atom is -0.486 e. The summed E-state index contributed by atoms with van der Waals surface area (Å²) in [6, 6.07) is 12.0. The van der Waals surface area contributed by atoms with Crippen LogP contribution in [-0.2, 0) is 21.4 Å². The number of aliphatic imine (C=N–C) groups is 1. The zero-order valence-corrected chi connectivity index (χ0v) is 20.0. The Morgan fingerprint density at radius 3 is 2.41 bits per heavy atom. The Hall–Kier alpha value is -3.75. The summed E-state index contributed by atoms with van der Waals surface area (Å²) in [4.78, 5) is 14.9. The zero-order valence-electron chi connectivity index (χ0n) is 17.6. The normalized spacial score (nSPS) is 11.6. The van der Waals surface area contributed by atoms with E-state index in [1.807, 2.05) is 0 Å². The molecule has 15 heteroatoms. The first-order valence-electron chi connectivity index (χ1n) is 9.38. The van der Waals surface area contributed by atoms with Gasteiger partial charge in [-0.15, -0.1) is 10.2 Å². The van der Waals surface area contributed by atoms with Gasteiger partial charge in [-0.1, -0.05) is 22.9 Å². The highest BCUT2D eigenvalue weighted by molar-refractivity contribution is 7.90. The fraction of sp³-hybridized carbons (Fsp3) is 0.105. The van der Waals surface area contributed by atoms with Crippen LogP contribution in [0, 0.1) is 5.41 Å². The summed E-state index contributed by atoms with van der Waals surface area (Å²) in [7, 11) is -4.37. The van der Waals surface area contributed by atoms with Crippen LogP contribution in [-0.4, -0.2) is 40.7 Å². The first kappa shape index (κ1) is 24.9. The van der Waals surface area contributed by atoms with Gasteiger partial charge in [0.05, 0.1) is 4.90 Å². The Morgan fingerprint density at radius 1 is 1.18 bits per heavy atom. The first-order chi connectivity index (χ1) is 16.1. The average Bonchev–Trinajstić information content (AvgIpc) is 3.20. The molecule has 1 heterocycles. The molecule has 0 aliphatic carbocycles. The van der Waals surface area contributed by atoms with E-state index in [0.29, 0.717) is 25.8 Å². The van der Waals surface area contributed by atoms with Gasteiger partial charge in [0.1, 0.15) is 12.4 Å². The molecule has 0 spiro atoms. The lowest BCUT2D eigenvalue weighted by Crippen LogP contribution is -2.48. The number of carbonyl (C=O) groups is 1. The lowest BCUT2D eigenvalue weighted by atomic mass is 10.3. The van der Waals surface area contributed by atoms with Crippen molar-refractivity contribution in [2.24, 2.45) is 16.5 Å². The summed E-state index contributed by atoms with van der Waals surface area (Å²) in [5.74, 6) is -1.21. The molecule has 0 bridgehead atoms. The molecule has 34 heavy (non-hydrogen) atoms. The second-order valence-electron chi connectivity index (χ2n) is 6.55. The van der Waals surface area contributed by atoms with Crippen molar-refractivity contribution in [2.45, 2.75) is 18.4 Å². The molecule has 0 fully saturated rings. The van der Waals surface area contributed by atoms with Gasteiger partial charge in [0.2, 0.25) is 23.0 Å². The number of rotatable bonds is 7. The molecule has 0 aliphatic rings. The highest BCUT2D eigenvalue weighted by Crippen LogP contribution is 2.23. The van der Waals surface area contributed by atoms with Gasteiger partial charge in [0.15, 0.2) is 5.01 Å². The standard InChI is InChI=1S/C19H19ClN8O4S2/c1-11(29)24-13-4-8-15(9-5-13)34(30,31)28(17(21)22)18(23)25-19-27-26-16(33-19)10-32-14-6-2-12(20)3-7-14/h2-9H,10H2,1H3,(H3,21,22)(H,24,29)(H2,23,25,27). The molecule has 2 aromatic carbocycles. The monoisotopic (exact) mass is 522 g/mol. The number of nitrogens with zero attached hydrogens (tertiary/aromatic N) is 4. The van der Waals surface area contributed by atoms with Gasteiger partial charge < -0.3 is 21.5 Å². The topological polar surface area (TPSA) is 190 Å². The molecule has 0 unspecified atom stereocenters. The molecule has 0 saturated carbocycles. The molecule has 1 aromatic heterocycles. The molecule has 6 N–H and O–H groups in total. The molecular formula is C19H19ClN8O4S2. The van der Waals surface area contributed by atoms with Gasteiger partial charge >= 0.3 is 0 Å². The number of benzene rings is 2. The van der Waals surface area contributed by atoms with Crippen LogP contribution < -0.4 is 21.5 Å². The fourth-order valence-corrected chi connectivity index (χ4v) is 4.56. The number of hydrogen-bond donors (Lipinski definition) is 4. The van der Waals surface area contributed by atoms with E-state index in [4.69, 9.17) is 33.2 Å². The number of nitrogens with one attached hydrogen (secondary N) is 2. The third-order valence-corrected chi connectivity index (χ3v) is 6.76. The van der Waals surface area contributed by atoms with Crippen LogP contribution in [0.5, 0.6) is 5.75 Å². The van der Waals surface area contributed by atoms with Gasteiger partial charge in [-0.2, -0.15) is 9.30 Å². The van der Waals surface area contributed by atoms with E-state index < -0.39 is 21.9 Å². The third kappa shape index (κ3) is 6.18. The number of nitrogens with two attached hydrogens (primary N) is 2. The Bertz CT molecular complexity index is 1330. The SMILES string of the molecule is CC(=O)Nc1ccc(S(=O)(=O)N(C(=N)N)/C(N)=N\c2nnc(COc3ccc(Cl)cc3)s2)cc1. The van der Waals surface area contributed by atoms with E-state index in [1.165, 1.54) is 31.2 Å². The molecular weight excluding hydrogens is 504 g/mol. The van der Waals surface area contributed by atoms with E-state index in [2.05, 4.69) is 20.5 Å². The van der Waals surface area contributed by atoms with E-state index in [1.54, 1.807) is 24.3 Å². The molecule has 178 valence electrons. The van der Waals surface area contributed by atoms with E-state index in [9.17, 15) is 13.2 Å². The molecule has 1 amide bonds. The quantitative estimate of drug-likeness (QED) is 0.268. The van der Waals surface area contributed by atoms with Crippen molar-refractivity contribution in [3.63, 3.8) is 0 Å². The largest absolute Gasteiger partial charge is 0.486 e. The van der Waals surface area contributed by atoms with Gasteiger partial charge in [-0.25, -0.2) is 8.42 Å². The third-order valence-electron chi connectivity index (χ3n) is 3.98. The second-order valence-corrected chi connectivity index (χ2v) is 9.81. The lowest BCUT2D eigenvalue weighted by Gasteiger charge is -2.21. The van der Waals surface area contributed by atoms with Gasteiger partial charge in [0, 0.05) is 17.6 Å². The summed E-state index contributed by atoms with van der Waals surface area (Å²) in [5, 5.41) is 19.1.